The lowest BCUT2D eigenvalue weighted by Gasteiger charge is -2.43. The fourth-order valence-corrected chi connectivity index (χ4v) is 4.54. The predicted octanol–water partition coefficient (Wildman–Crippen LogP) is 1.19. The van der Waals surface area contributed by atoms with Crippen LogP contribution in [-0.2, 0) is 14.8 Å². The highest BCUT2D eigenvalue weighted by atomic mass is 127. The van der Waals surface area contributed by atoms with Gasteiger partial charge in [0, 0.05) is 51.5 Å². The van der Waals surface area contributed by atoms with Crippen LogP contribution in [0.2, 0.25) is 0 Å². The van der Waals surface area contributed by atoms with Gasteiger partial charge in [0.05, 0.1) is 0 Å². The van der Waals surface area contributed by atoms with Crippen LogP contribution in [0, 0.1) is 0 Å². The van der Waals surface area contributed by atoms with E-state index >= 15 is 0 Å². The first-order valence-electron chi connectivity index (χ1n) is 9.31. The van der Waals surface area contributed by atoms with E-state index in [1.807, 2.05) is 14.1 Å². The van der Waals surface area contributed by atoms with Gasteiger partial charge in [0.2, 0.25) is 0 Å². The lowest BCUT2D eigenvalue weighted by Crippen LogP contribution is -2.58. The number of piperidine rings is 1. The Balaban J connectivity index is 0.00000420. The molecule has 172 valence electrons. The fraction of sp³-hybridized carbons (Fsp3) is 0.938. The Labute approximate surface area is 187 Å². The van der Waals surface area contributed by atoms with Crippen LogP contribution in [0.25, 0.3) is 0 Å². The number of likely N-dealkylation sites (N-methyl/N-ethyl adjacent to an activating group) is 1. The number of sulfonamides is 1. The van der Waals surface area contributed by atoms with Gasteiger partial charge < -0.3 is 20.3 Å². The van der Waals surface area contributed by atoms with Crippen molar-refractivity contribution in [2.45, 2.75) is 42.8 Å². The summed E-state index contributed by atoms with van der Waals surface area (Å²) in [5.41, 5.74) is -5.31. The number of nitrogens with zero attached hydrogens (tertiary/aromatic N) is 3. The first kappa shape index (κ1) is 26.7. The first-order valence-corrected chi connectivity index (χ1v) is 10.7. The Bertz CT molecular complexity index is 647. The molecular weight excluding hydrogens is 526 g/mol. The third kappa shape index (κ3) is 6.55. The van der Waals surface area contributed by atoms with Crippen molar-refractivity contribution in [3.05, 3.63) is 0 Å². The minimum absolute atomic E-state index is 0. The van der Waals surface area contributed by atoms with Crippen LogP contribution in [0.4, 0.5) is 13.2 Å². The summed E-state index contributed by atoms with van der Waals surface area (Å²) >= 11 is 0. The molecule has 2 aliphatic rings. The zero-order valence-electron chi connectivity index (χ0n) is 17.0. The number of ether oxygens (including phenoxy) is 1. The third-order valence-electron chi connectivity index (χ3n) is 5.61. The molecular formula is C16H31F3IN5O3S. The molecule has 0 aliphatic carbocycles. The average Bonchev–Trinajstić information content (AvgIpc) is 2.65. The molecule has 29 heavy (non-hydrogen) atoms. The van der Waals surface area contributed by atoms with Crippen LogP contribution in [0.5, 0.6) is 0 Å². The zero-order valence-corrected chi connectivity index (χ0v) is 20.1. The van der Waals surface area contributed by atoms with Gasteiger partial charge in [0.15, 0.2) is 5.96 Å². The predicted molar refractivity (Wildman–Crippen MR) is 116 cm³/mol. The molecule has 13 heteroatoms. The van der Waals surface area contributed by atoms with E-state index < -0.39 is 15.5 Å². The molecule has 0 bridgehead atoms. The van der Waals surface area contributed by atoms with E-state index in [0.717, 1.165) is 12.8 Å². The normalized spacial score (nSPS) is 22.2. The molecule has 2 aliphatic heterocycles. The molecule has 2 saturated heterocycles. The van der Waals surface area contributed by atoms with Crippen molar-refractivity contribution in [3.63, 3.8) is 0 Å². The summed E-state index contributed by atoms with van der Waals surface area (Å²) in [7, 11) is 0.428. The smallest absolute Gasteiger partial charge is 0.381 e. The molecule has 0 aromatic heterocycles. The maximum Gasteiger partial charge on any atom is 0.511 e. The summed E-state index contributed by atoms with van der Waals surface area (Å²) in [6.07, 6.45) is 2.33. The fourth-order valence-electron chi connectivity index (χ4n) is 3.56. The van der Waals surface area contributed by atoms with Crippen molar-refractivity contribution in [2.24, 2.45) is 4.99 Å². The first-order chi connectivity index (χ1) is 13.0. The second-order valence-electron chi connectivity index (χ2n) is 7.43. The van der Waals surface area contributed by atoms with Crippen molar-refractivity contribution in [1.82, 2.24) is 19.8 Å². The summed E-state index contributed by atoms with van der Waals surface area (Å²) in [5.74, 6) is 0.560. The Morgan fingerprint density at radius 3 is 2.24 bits per heavy atom. The molecule has 0 aromatic carbocycles. The molecule has 2 fully saturated rings. The molecule has 2 heterocycles. The number of halogens is 4. The van der Waals surface area contributed by atoms with Crippen LogP contribution in [-0.4, -0.2) is 94.7 Å². The van der Waals surface area contributed by atoms with E-state index in [1.54, 1.807) is 7.05 Å². The highest BCUT2D eigenvalue weighted by molar-refractivity contribution is 14.0. The van der Waals surface area contributed by atoms with Gasteiger partial charge in [-0.25, -0.2) is 8.42 Å². The Hall–Kier alpha value is -0.380. The average molecular weight is 557 g/mol. The van der Waals surface area contributed by atoms with Crippen molar-refractivity contribution in [2.75, 3.05) is 54.0 Å². The number of rotatable bonds is 5. The lowest BCUT2D eigenvalue weighted by atomic mass is 9.88. The molecule has 0 atom stereocenters. The van der Waals surface area contributed by atoms with Crippen molar-refractivity contribution < 1.29 is 26.3 Å². The van der Waals surface area contributed by atoms with E-state index in [9.17, 15) is 21.6 Å². The summed E-state index contributed by atoms with van der Waals surface area (Å²) in [4.78, 5) is 6.37. The molecule has 0 radical (unpaired) electrons. The Morgan fingerprint density at radius 2 is 1.79 bits per heavy atom. The number of nitrogens with one attached hydrogen (secondary N) is 2. The third-order valence-corrected chi connectivity index (χ3v) is 7.24. The van der Waals surface area contributed by atoms with Crippen molar-refractivity contribution >= 4 is 40.0 Å². The van der Waals surface area contributed by atoms with Crippen LogP contribution >= 0.6 is 24.0 Å². The standard InChI is InChI=1S/C16H30F3N5O3S.HI/c1-20-14(21-12-15(23(2)3)6-10-27-11-7-15)22-13-4-8-24(9-5-13)28(25,26)16(17,18)19;/h13H,4-12H2,1-3H3,(H2,20,21,22);1H. The highest BCUT2D eigenvalue weighted by Gasteiger charge is 2.50. The lowest BCUT2D eigenvalue weighted by molar-refractivity contribution is -0.0494. The molecule has 0 amide bonds. The summed E-state index contributed by atoms with van der Waals surface area (Å²) in [6, 6.07) is -0.143. The van der Waals surface area contributed by atoms with Gasteiger partial charge in [-0.1, -0.05) is 0 Å². The molecule has 0 unspecified atom stereocenters. The van der Waals surface area contributed by atoms with Gasteiger partial charge in [-0.05, 0) is 39.8 Å². The van der Waals surface area contributed by atoms with Crippen LogP contribution in [0.3, 0.4) is 0 Å². The van der Waals surface area contributed by atoms with Gasteiger partial charge in [0.25, 0.3) is 0 Å². The number of alkyl halides is 3. The van der Waals surface area contributed by atoms with Crippen LogP contribution in [0.15, 0.2) is 4.99 Å². The Morgan fingerprint density at radius 1 is 1.24 bits per heavy atom. The Kier molecular flexibility index (Phi) is 9.90. The van der Waals surface area contributed by atoms with E-state index in [2.05, 4.69) is 20.5 Å². The maximum atomic E-state index is 12.7. The van der Waals surface area contributed by atoms with Crippen LogP contribution < -0.4 is 10.6 Å². The maximum absolute atomic E-state index is 12.7. The molecule has 0 aromatic rings. The number of hydrogen-bond acceptors (Lipinski definition) is 5. The van der Waals surface area contributed by atoms with Gasteiger partial charge in [-0.2, -0.15) is 17.5 Å². The van der Waals surface area contributed by atoms with Crippen LogP contribution in [0.1, 0.15) is 25.7 Å². The molecule has 2 rings (SSSR count). The van der Waals surface area contributed by atoms with Gasteiger partial charge >= 0.3 is 15.5 Å². The summed E-state index contributed by atoms with van der Waals surface area (Å²) < 4.78 is 67.0. The molecule has 0 saturated carbocycles. The van der Waals surface area contributed by atoms with E-state index in [0.29, 0.717) is 30.0 Å². The minimum atomic E-state index is -5.26. The molecule has 0 spiro atoms. The monoisotopic (exact) mass is 557 g/mol. The number of guanidine groups is 1. The minimum Gasteiger partial charge on any atom is -0.381 e. The molecule has 2 N–H and O–H groups in total. The quantitative estimate of drug-likeness (QED) is 0.300. The summed E-state index contributed by atoms with van der Waals surface area (Å²) in [6.45, 7) is 1.70. The van der Waals surface area contributed by atoms with E-state index in [1.165, 1.54) is 0 Å². The van der Waals surface area contributed by atoms with E-state index in [4.69, 9.17) is 4.74 Å². The number of hydrogen-bond donors (Lipinski definition) is 2. The van der Waals surface area contributed by atoms with Crippen molar-refractivity contribution in [1.29, 1.82) is 0 Å². The SMILES string of the molecule is CN=C(NCC1(N(C)C)CCOCC1)NC1CCN(S(=O)(=O)C(F)(F)F)CC1.I. The van der Waals surface area contributed by atoms with E-state index in [-0.39, 0.29) is 61.5 Å². The van der Waals surface area contributed by atoms with Gasteiger partial charge in [-0.3, -0.25) is 4.99 Å². The topological polar surface area (TPSA) is 86.3 Å². The second kappa shape index (κ2) is 10.8. The number of aliphatic imine (C=N–C) groups is 1. The van der Waals surface area contributed by atoms with Gasteiger partial charge in [0.1, 0.15) is 0 Å². The van der Waals surface area contributed by atoms with Gasteiger partial charge in [-0.15, -0.1) is 24.0 Å². The zero-order chi connectivity index (χ0) is 21.0. The molecule has 8 nitrogen and oxygen atoms in total. The second-order valence-corrected chi connectivity index (χ2v) is 9.35. The highest BCUT2D eigenvalue weighted by Crippen LogP contribution is 2.29. The summed E-state index contributed by atoms with van der Waals surface area (Å²) in [5, 5.41) is 6.50. The van der Waals surface area contributed by atoms with Crippen molar-refractivity contribution in [3.8, 4) is 0 Å². The largest absolute Gasteiger partial charge is 0.511 e.